The van der Waals surface area contributed by atoms with E-state index in [0.29, 0.717) is 19.8 Å². The van der Waals surface area contributed by atoms with Crippen LogP contribution in [0.25, 0.3) is 0 Å². The number of rotatable bonds is 7. The minimum Gasteiger partial charge on any atom is -0.486 e. The van der Waals surface area contributed by atoms with Crippen molar-refractivity contribution in [2.75, 3.05) is 26.9 Å². The third-order valence-electron chi connectivity index (χ3n) is 5.01. The fourth-order valence-electron chi connectivity index (χ4n) is 3.40. The molecule has 0 aromatic heterocycles. The molecule has 0 spiro atoms. The third-order valence-corrected chi connectivity index (χ3v) is 5.01. The van der Waals surface area contributed by atoms with E-state index in [0.717, 1.165) is 34.8 Å². The Morgan fingerprint density at radius 3 is 2.47 bits per heavy atom. The highest BCUT2D eigenvalue weighted by Crippen LogP contribution is 2.31. The molecule has 3 aromatic carbocycles. The van der Waals surface area contributed by atoms with Gasteiger partial charge >= 0.3 is 0 Å². The standard InChI is InChI=1S/C25H25NO4/c1-26(17-20-11-12-23-24(16-20)29-14-13-28-23)25(27)18-30-22-10-6-5-9-21(22)15-19-7-3-2-4-8-19/h2-12,16H,13-15,17-18H2,1H3. The first-order valence-electron chi connectivity index (χ1n) is 10.1. The van der Waals surface area contributed by atoms with E-state index < -0.39 is 0 Å². The molecule has 0 saturated carbocycles. The molecule has 5 heteroatoms. The lowest BCUT2D eigenvalue weighted by Gasteiger charge is -2.21. The molecule has 1 amide bonds. The molecule has 1 heterocycles. The molecule has 5 nitrogen and oxygen atoms in total. The Morgan fingerprint density at radius 2 is 1.63 bits per heavy atom. The largest absolute Gasteiger partial charge is 0.486 e. The highest BCUT2D eigenvalue weighted by atomic mass is 16.6. The van der Waals surface area contributed by atoms with Crippen molar-refractivity contribution in [3.63, 3.8) is 0 Å². The van der Waals surface area contributed by atoms with E-state index in [1.165, 1.54) is 5.56 Å². The van der Waals surface area contributed by atoms with Crippen LogP contribution < -0.4 is 14.2 Å². The van der Waals surface area contributed by atoms with Gasteiger partial charge in [0, 0.05) is 20.0 Å². The van der Waals surface area contributed by atoms with E-state index in [2.05, 4.69) is 12.1 Å². The second-order valence-corrected chi connectivity index (χ2v) is 7.29. The van der Waals surface area contributed by atoms with Gasteiger partial charge in [-0.25, -0.2) is 0 Å². The summed E-state index contributed by atoms with van der Waals surface area (Å²) in [6.45, 7) is 1.58. The number of ether oxygens (including phenoxy) is 3. The first-order chi connectivity index (χ1) is 14.7. The minimum absolute atomic E-state index is 0.00709. The molecule has 154 valence electrons. The molecular formula is C25H25NO4. The monoisotopic (exact) mass is 403 g/mol. The van der Waals surface area contributed by atoms with Crippen LogP contribution in [0.2, 0.25) is 0 Å². The van der Waals surface area contributed by atoms with Gasteiger partial charge in [0.25, 0.3) is 5.91 Å². The molecule has 1 aliphatic rings. The number of carbonyl (C=O) groups is 1. The molecule has 3 aromatic rings. The number of hydrogen-bond donors (Lipinski definition) is 0. The van der Waals surface area contributed by atoms with Crippen LogP contribution in [-0.4, -0.2) is 37.7 Å². The Balaban J connectivity index is 1.35. The van der Waals surface area contributed by atoms with Crippen molar-refractivity contribution in [1.82, 2.24) is 4.90 Å². The Labute approximate surface area is 176 Å². The van der Waals surface area contributed by atoms with Gasteiger partial charge in [0.2, 0.25) is 0 Å². The van der Waals surface area contributed by atoms with E-state index in [1.54, 1.807) is 11.9 Å². The summed E-state index contributed by atoms with van der Waals surface area (Å²) in [6.07, 6.45) is 0.762. The van der Waals surface area contributed by atoms with Gasteiger partial charge in [-0.05, 0) is 34.9 Å². The Kier molecular flexibility index (Phi) is 6.18. The zero-order valence-electron chi connectivity index (χ0n) is 17.0. The lowest BCUT2D eigenvalue weighted by molar-refractivity contribution is -0.132. The molecule has 0 unspecified atom stereocenters. The molecular weight excluding hydrogens is 378 g/mol. The fraction of sp³-hybridized carbons (Fsp3) is 0.240. The summed E-state index contributed by atoms with van der Waals surface area (Å²) in [4.78, 5) is 14.3. The average Bonchev–Trinajstić information content (AvgIpc) is 2.79. The fourth-order valence-corrected chi connectivity index (χ4v) is 3.40. The highest BCUT2D eigenvalue weighted by Gasteiger charge is 2.15. The van der Waals surface area contributed by atoms with Gasteiger partial charge in [0.1, 0.15) is 19.0 Å². The van der Waals surface area contributed by atoms with Gasteiger partial charge in [-0.3, -0.25) is 4.79 Å². The Morgan fingerprint density at radius 1 is 0.900 bits per heavy atom. The quantitative estimate of drug-likeness (QED) is 0.596. The van der Waals surface area contributed by atoms with Crippen molar-refractivity contribution in [3.8, 4) is 17.2 Å². The smallest absolute Gasteiger partial charge is 0.260 e. The molecule has 0 fully saturated rings. The zero-order chi connectivity index (χ0) is 20.8. The van der Waals surface area contributed by atoms with E-state index >= 15 is 0 Å². The number of para-hydroxylation sites is 1. The summed E-state index contributed by atoms with van der Waals surface area (Å²) in [6, 6.07) is 23.8. The van der Waals surface area contributed by atoms with E-state index in [1.807, 2.05) is 60.7 Å². The van der Waals surface area contributed by atoms with Crippen LogP contribution in [0.15, 0.2) is 72.8 Å². The average molecular weight is 403 g/mol. The number of carbonyl (C=O) groups excluding carboxylic acids is 1. The third kappa shape index (κ3) is 4.92. The van der Waals surface area contributed by atoms with E-state index in [9.17, 15) is 4.79 Å². The molecule has 0 radical (unpaired) electrons. The maximum Gasteiger partial charge on any atom is 0.260 e. The maximum atomic E-state index is 12.6. The molecule has 0 saturated heterocycles. The summed E-state index contributed by atoms with van der Waals surface area (Å²) in [5, 5.41) is 0. The second-order valence-electron chi connectivity index (χ2n) is 7.29. The van der Waals surface area contributed by atoms with Crippen LogP contribution in [0.3, 0.4) is 0 Å². The lowest BCUT2D eigenvalue weighted by atomic mass is 10.0. The molecule has 0 bridgehead atoms. The first kappa shape index (κ1) is 19.8. The highest BCUT2D eigenvalue weighted by molar-refractivity contribution is 5.77. The predicted molar refractivity (Wildman–Crippen MR) is 115 cm³/mol. The first-order valence-corrected chi connectivity index (χ1v) is 10.1. The maximum absolute atomic E-state index is 12.6. The van der Waals surface area contributed by atoms with Crippen molar-refractivity contribution in [3.05, 3.63) is 89.5 Å². The Hall–Kier alpha value is -3.47. The van der Waals surface area contributed by atoms with Gasteiger partial charge < -0.3 is 19.1 Å². The van der Waals surface area contributed by atoms with Crippen LogP contribution in [0.4, 0.5) is 0 Å². The summed E-state index contributed by atoms with van der Waals surface area (Å²) in [7, 11) is 1.78. The number of nitrogens with zero attached hydrogens (tertiary/aromatic N) is 1. The number of benzene rings is 3. The normalized spacial score (nSPS) is 12.3. The van der Waals surface area contributed by atoms with Crippen LogP contribution >= 0.6 is 0 Å². The van der Waals surface area contributed by atoms with Gasteiger partial charge in [0.15, 0.2) is 18.1 Å². The van der Waals surface area contributed by atoms with Crippen molar-refractivity contribution < 1.29 is 19.0 Å². The summed E-state index contributed by atoms with van der Waals surface area (Å²) in [5.74, 6) is 2.13. The molecule has 0 atom stereocenters. The summed E-state index contributed by atoms with van der Waals surface area (Å²) < 4.78 is 17.1. The van der Waals surface area contributed by atoms with Crippen LogP contribution in [0.5, 0.6) is 17.2 Å². The van der Waals surface area contributed by atoms with Crippen LogP contribution in [0, 0.1) is 0 Å². The van der Waals surface area contributed by atoms with Gasteiger partial charge in [-0.15, -0.1) is 0 Å². The van der Waals surface area contributed by atoms with E-state index in [-0.39, 0.29) is 12.5 Å². The van der Waals surface area contributed by atoms with Gasteiger partial charge in [-0.1, -0.05) is 54.6 Å². The number of fused-ring (bicyclic) bond motifs is 1. The van der Waals surface area contributed by atoms with Gasteiger partial charge in [-0.2, -0.15) is 0 Å². The number of amides is 1. The Bertz CT molecular complexity index is 1000. The van der Waals surface area contributed by atoms with Crippen LogP contribution in [-0.2, 0) is 17.8 Å². The molecule has 1 aliphatic heterocycles. The number of likely N-dealkylation sites (N-methyl/N-ethyl adjacent to an activating group) is 1. The molecule has 4 rings (SSSR count). The van der Waals surface area contributed by atoms with Crippen molar-refractivity contribution in [1.29, 1.82) is 0 Å². The van der Waals surface area contributed by atoms with E-state index in [4.69, 9.17) is 14.2 Å². The van der Waals surface area contributed by atoms with Crippen molar-refractivity contribution >= 4 is 5.91 Å². The topological polar surface area (TPSA) is 48.0 Å². The summed E-state index contributed by atoms with van der Waals surface area (Å²) >= 11 is 0. The summed E-state index contributed by atoms with van der Waals surface area (Å²) in [5.41, 5.74) is 3.25. The second kappa shape index (κ2) is 9.35. The molecule has 0 N–H and O–H groups in total. The molecule has 30 heavy (non-hydrogen) atoms. The minimum atomic E-state index is -0.0839. The van der Waals surface area contributed by atoms with Gasteiger partial charge in [0.05, 0.1) is 0 Å². The predicted octanol–water partition coefficient (Wildman–Crippen LogP) is 4.09. The van der Waals surface area contributed by atoms with Crippen molar-refractivity contribution in [2.45, 2.75) is 13.0 Å². The number of hydrogen-bond acceptors (Lipinski definition) is 4. The molecule has 0 aliphatic carbocycles. The van der Waals surface area contributed by atoms with Crippen LogP contribution in [0.1, 0.15) is 16.7 Å². The lowest BCUT2D eigenvalue weighted by Crippen LogP contribution is -2.31. The zero-order valence-corrected chi connectivity index (χ0v) is 17.0. The van der Waals surface area contributed by atoms with Crippen molar-refractivity contribution in [2.24, 2.45) is 0 Å². The SMILES string of the molecule is CN(Cc1ccc2c(c1)OCCO2)C(=O)COc1ccccc1Cc1ccccc1.